The van der Waals surface area contributed by atoms with E-state index in [4.69, 9.17) is 9.47 Å². The molecule has 2 atom stereocenters. The standard InChI is InChI=1S/C22H18Br2O4/c1-27-19-12-6-16(7-13-19)22(26)28-21(15-4-10-18(24)11-5-15)20(25)14-2-8-17(23)9-3-14/h2-13,20-21,25H,1H3/t20-,21+/m1/s1. The van der Waals surface area contributed by atoms with Gasteiger partial charge in [-0.15, -0.1) is 0 Å². The molecule has 0 aromatic heterocycles. The fourth-order valence-corrected chi connectivity index (χ4v) is 3.24. The summed E-state index contributed by atoms with van der Waals surface area (Å²) in [7, 11) is 1.56. The van der Waals surface area contributed by atoms with Crippen molar-refractivity contribution in [1.82, 2.24) is 0 Å². The van der Waals surface area contributed by atoms with Gasteiger partial charge in [0.05, 0.1) is 12.7 Å². The first-order chi connectivity index (χ1) is 13.5. The maximum absolute atomic E-state index is 12.7. The van der Waals surface area contributed by atoms with E-state index in [0.717, 1.165) is 8.95 Å². The molecule has 0 aliphatic rings. The predicted molar refractivity (Wildman–Crippen MR) is 114 cm³/mol. The topological polar surface area (TPSA) is 55.8 Å². The summed E-state index contributed by atoms with van der Waals surface area (Å²) < 4.78 is 12.6. The first-order valence-electron chi connectivity index (χ1n) is 8.52. The minimum absolute atomic E-state index is 0.380. The second-order valence-electron chi connectivity index (χ2n) is 6.10. The molecule has 28 heavy (non-hydrogen) atoms. The first kappa shape index (κ1) is 20.6. The summed E-state index contributed by atoms with van der Waals surface area (Å²) >= 11 is 6.78. The number of rotatable bonds is 6. The minimum Gasteiger partial charge on any atom is -0.497 e. The van der Waals surface area contributed by atoms with Gasteiger partial charge in [-0.05, 0) is 59.7 Å². The lowest BCUT2D eigenvalue weighted by Crippen LogP contribution is -2.18. The molecule has 0 bridgehead atoms. The first-order valence-corrected chi connectivity index (χ1v) is 10.1. The lowest BCUT2D eigenvalue weighted by molar-refractivity contribution is -0.0209. The zero-order chi connectivity index (χ0) is 20.1. The molecule has 6 heteroatoms. The molecular formula is C22H18Br2O4. The number of benzene rings is 3. The van der Waals surface area contributed by atoms with Crippen molar-refractivity contribution >= 4 is 37.8 Å². The van der Waals surface area contributed by atoms with Crippen LogP contribution in [0.15, 0.2) is 81.7 Å². The molecular weight excluding hydrogens is 488 g/mol. The summed E-state index contributed by atoms with van der Waals surface area (Å²) in [5, 5.41) is 10.9. The Hall–Kier alpha value is -2.15. The van der Waals surface area contributed by atoms with Crippen molar-refractivity contribution in [3.63, 3.8) is 0 Å². The molecule has 1 N–H and O–H groups in total. The van der Waals surface area contributed by atoms with Crippen LogP contribution in [-0.2, 0) is 4.74 Å². The van der Waals surface area contributed by atoms with Crippen molar-refractivity contribution in [2.75, 3.05) is 7.11 Å². The van der Waals surface area contributed by atoms with Crippen LogP contribution in [0.4, 0.5) is 0 Å². The van der Waals surface area contributed by atoms with Crippen LogP contribution in [0.5, 0.6) is 5.75 Å². The molecule has 0 aliphatic carbocycles. The van der Waals surface area contributed by atoms with Crippen molar-refractivity contribution in [2.45, 2.75) is 12.2 Å². The Balaban J connectivity index is 1.89. The van der Waals surface area contributed by atoms with Crippen LogP contribution in [0.1, 0.15) is 33.7 Å². The van der Waals surface area contributed by atoms with Crippen molar-refractivity contribution in [3.05, 3.63) is 98.4 Å². The molecule has 3 aromatic carbocycles. The van der Waals surface area contributed by atoms with Gasteiger partial charge in [0.1, 0.15) is 11.9 Å². The third kappa shape index (κ3) is 5.01. The van der Waals surface area contributed by atoms with E-state index in [-0.39, 0.29) is 0 Å². The fourth-order valence-electron chi connectivity index (χ4n) is 2.71. The molecule has 0 spiro atoms. The summed E-state index contributed by atoms with van der Waals surface area (Å²) in [5.74, 6) is 0.127. The van der Waals surface area contributed by atoms with E-state index in [0.29, 0.717) is 22.4 Å². The second-order valence-corrected chi connectivity index (χ2v) is 7.93. The Morgan fingerprint density at radius 3 is 1.82 bits per heavy atom. The molecule has 0 aliphatic heterocycles. The van der Waals surface area contributed by atoms with Gasteiger partial charge >= 0.3 is 5.97 Å². The van der Waals surface area contributed by atoms with E-state index in [9.17, 15) is 9.90 Å². The normalized spacial score (nSPS) is 12.9. The molecule has 144 valence electrons. The molecule has 3 aromatic rings. The Kier molecular flexibility index (Phi) is 6.88. The highest BCUT2D eigenvalue weighted by Gasteiger charge is 2.27. The molecule has 0 heterocycles. The van der Waals surface area contributed by atoms with Crippen molar-refractivity contribution in [1.29, 1.82) is 0 Å². The Morgan fingerprint density at radius 2 is 1.32 bits per heavy atom. The number of aliphatic hydroxyl groups excluding tert-OH is 1. The van der Waals surface area contributed by atoms with Gasteiger partial charge < -0.3 is 14.6 Å². The summed E-state index contributed by atoms with van der Waals surface area (Å²) in [4.78, 5) is 12.7. The van der Waals surface area contributed by atoms with E-state index in [1.807, 2.05) is 36.4 Å². The van der Waals surface area contributed by atoms with Crippen molar-refractivity contribution in [2.24, 2.45) is 0 Å². The predicted octanol–water partition coefficient (Wildman–Crippen LogP) is 5.85. The SMILES string of the molecule is COc1ccc(C(=O)O[C@@H](c2ccc(Br)cc2)[C@H](O)c2ccc(Br)cc2)cc1. The van der Waals surface area contributed by atoms with Crippen LogP contribution in [0.2, 0.25) is 0 Å². The molecule has 4 nitrogen and oxygen atoms in total. The quantitative estimate of drug-likeness (QED) is 0.427. The highest BCUT2D eigenvalue weighted by molar-refractivity contribution is 9.10. The van der Waals surface area contributed by atoms with Gasteiger partial charge in [-0.3, -0.25) is 0 Å². The third-order valence-electron chi connectivity index (χ3n) is 4.26. The number of aliphatic hydroxyl groups is 1. The van der Waals surface area contributed by atoms with Gasteiger partial charge in [0, 0.05) is 8.95 Å². The van der Waals surface area contributed by atoms with E-state index >= 15 is 0 Å². The van der Waals surface area contributed by atoms with E-state index < -0.39 is 18.2 Å². The molecule has 0 saturated carbocycles. The number of halogens is 2. The summed E-state index contributed by atoms with van der Waals surface area (Å²) in [6.07, 6.45) is -1.87. The zero-order valence-electron chi connectivity index (χ0n) is 15.0. The van der Waals surface area contributed by atoms with Crippen molar-refractivity contribution in [3.8, 4) is 5.75 Å². The number of carbonyl (C=O) groups excluding carboxylic acids is 1. The minimum atomic E-state index is -1.02. The van der Waals surface area contributed by atoms with Crippen LogP contribution in [0, 0.1) is 0 Å². The Bertz CT molecular complexity index is 922. The van der Waals surface area contributed by atoms with Crippen LogP contribution in [0.25, 0.3) is 0 Å². The van der Waals surface area contributed by atoms with Crippen LogP contribution in [-0.4, -0.2) is 18.2 Å². The highest BCUT2D eigenvalue weighted by atomic mass is 79.9. The number of hydrogen-bond acceptors (Lipinski definition) is 4. The monoisotopic (exact) mass is 504 g/mol. The number of ether oxygens (including phenoxy) is 2. The lowest BCUT2D eigenvalue weighted by atomic mass is 9.98. The average molecular weight is 506 g/mol. The number of esters is 1. The Labute approximate surface area is 180 Å². The number of carbonyl (C=O) groups is 1. The summed E-state index contributed by atoms with van der Waals surface area (Å²) in [6, 6.07) is 21.2. The summed E-state index contributed by atoms with van der Waals surface area (Å²) in [5.41, 5.74) is 1.73. The molecule has 0 amide bonds. The summed E-state index contributed by atoms with van der Waals surface area (Å²) in [6.45, 7) is 0. The molecule has 3 rings (SSSR count). The zero-order valence-corrected chi connectivity index (χ0v) is 18.2. The number of hydrogen-bond donors (Lipinski definition) is 1. The van der Waals surface area contributed by atoms with Gasteiger partial charge in [0.15, 0.2) is 6.10 Å². The smallest absolute Gasteiger partial charge is 0.338 e. The van der Waals surface area contributed by atoms with Gasteiger partial charge in [-0.2, -0.15) is 0 Å². The van der Waals surface area contributed by atoms with Crippen molar-refractivity contribution < 1.29 is 19.4 Å². The van der Waals surface area contributed by atoms with Gasteiger partial charge in [-0.1, -0.05) is 56.1 Å². The molecule has 0 fully saturated rings. The fraction of sp³-hybridized carbons (Fsp3) is 0.136. The van der Waals surface area contributed by atoms with E-state index in [1.54, 1.807) is 43.5 Å². The van der Waals surface area contributed by atoms with Gasteiger partial charge in [0.25, 0.3) is 0 Å². The maximum atomic E-state index is 12.7. The lowest BCUT2D eigenvalue weighted by Gasteiger charge is -2.24. The van der Waals surface area contributed by atoms with Crippen LogP contribution >= 0.6 is 31.9 Å². The number of methoxy groups -OCH3 is 1. The van der Waals surface area contributed by atoms with Crippen LogP contribution in [0.3, 0.4) is 0 Å². The molecule has 0 saturated heterocycles. The largest absolute Gasteiger partial charge is 0.497 e. The van der Waals surface area contributed by atoms with Crippen LogP contribution < -0.4 is 4.74 Å². The van der Waals surface area contributed by atoms with Gasteiger partial charge in [0.2, 0.25) is 0 Å². The second kappa shape index (κ2) is 9.37. The molecule has 0 unspecified atom stereocenters. The van der Waals surface area contributed by atoms with Gasteiger partial charge in [-0.25, -0.2) is 4.79 Å². The highest BCUT2D eigenvalue weighted by Crippen LogP contribution is 2.34. The average Bonchev–Trinajstić information content (AvgIpc) is 2.73. The van der Waals surface area contributed by atoms with E-state index in [1.165, 1.54) is 0 Å². The Morgan fingerprint density at radius 1 is 0.821 bits per heavy atom. The van der Waals surface area contributed by atoms with E-state index in [2.05, 4.69) is 31.9 Å². The maximum Gasteiger partial charge on any atom is 0.338 e. The molecule has 0 radical (unpaired) electrons. The third-order valence-corrected chi connectivity index (χ3v) is 5.31.